The molecule has 0 radical (unpaired) electrons. The highest BCUT2D eigenvalue weighted by molar-refractivity contribution is 7.84. The number of hydrogen-bond acceptors (Lipinski definition) is 2. The molecule has 1 atom stereocenters. The monoisotopic (exact) mass is 265 g/mol. The molecular formula is C14H19NO2S. The number of amides is 1. The summed E-state index contributed by atoms with van der Waals surface area (Å²) < 4.78 is 11.8. The van der Waals surface area contributed by atoms with Crippen LogP contribution < -0.4 is 5.32 Å². The van der Waals surface area contributed by atoms with Gasteiger partial charge in [0, 0.05) is 23.1 Å². The van der Waals surface area contributed by atoms with Crippen LogP contribution in [-0.4, -0.2) is 22.4 Å². The van der Waals surface area contributed by atoms with E-state index in [2.05, 4.69) is 5.32 Å². The van der Waals surface area contributed by atoms with Crippen LogP contribution in [0, 0.1) is 12.8 Å². The SMILES string of the molecule is Cc1cccc(C[S@](=O)CC(=O)NCC2CC2)c1. The number of aryl methyl sites for hydroxylation is 1. The second kappa shape index (κ2) is 6.14. The molecule has 1 amide bonds. The Balaban J connectivity index is 1.75. The molecule has 1 saturated carbocycles. The number of carbonyl (C=O) groups excluding carboxylic acids is 1. The molecule has 0 heterocycles. The van der Waals surface area contributed by atoms with Gasteiger partial charge in [-0.25, -0.2) is 0 Å². The van der Waals surface area contributed by atoms with Crippen LogP contribution in [0.4, 0.5) is 0 Å². The predicted molar refractivity (Wildman–Crippen MR) is 73.6 cm³/mol. The van der Waals surface area contributed by atoms with E-state index in [-0.39, 0.29) is 11.7 Å². The Morgan fingerprint density at radius 2 is 2.22 bits per heavy atom. The molecule has 0 bridgehead atoms. The van der Waals surface area contributed by atoms with E-state index in [0.717, 1.165) is 17.7 Å². The maximum atomic E-state index is 11.8. The lowest BCUT2D eigenvalue weighted by molar-refractivity contribution is -0.118. The molecule has 1 aliphatic rings. The average molecular weight is 265 g/mol. The minimum absolute atomic E-state index is 0.0899. The van der Waals surface area contributed by atoms with Gasteiger partial charge in [0.15, 0.2) is 0 Å². The topological polar surface area (TPSA) is 46.2 Å². The van der Waals surface area contributed by atoms with Crippen LogP contribution in [0.1, 0.15) is 24.0 Å². The molecule has 98 valence electrons. The van der Waals surface area contributed by atoms with Crippen LogP contribution in [0.15, 0.2) is 24.3 Å². The molecule has 18 heavy (non-hydrogen) atoms. The summed E-state index contributed by atoms with van der Waals surface area (Å²) in [5, 5.41) is 2.84. The first-order valence-corrected chi connectivity index (χ1v) is 7.79. The van der Waals surface area contributed by atoms with Crippen LogP contribution in [0.2, 0.25) is 0 Å². The van der Waals surface area contributed by atoms with Crippen molar-refractivity contribution in [3.63, 3.8) is 0 Å². The summed E-state index contributed by atoms with van der Waals surface area (Å²) in [6.07, 6.45) is 2.43. The fourth-order valence-corrected chi connectivity index (χ4v) is 2.86. The third kappa shape index (κ3) is 4.61. The Labute approximate surface area is 110 Å². The fourth-order valence-electron chi connectivity index (χ4n) is 1.82. The molecule has 1 aliphatic carbocycles. The first-order valence-electron chi connectivity index (χ1n) is 6.30. The Morgan fingerprint density at radius 1 is 1.44 bits per heavy atom. The molecule has 1 N–H and O–H groups in total. The number of hydrogen-bond donors (Lipinski definition) is 1. The van der Waals surface area contributed by atoms with E-state index >= 15 is 0 Å². The maximum Gasteiger partial charge on any atom is 0.232 e. The van der Waals surface area contributed by atoms with Gasteiger partial charge in [0.2, 0.25) is 5.91 Å². The summed E-state index contributed by atoms with van der Waals surface area (Å²) in [4.78, 5) is 11.5. The first kappa shape index (κ1) is 13.3. The molecule has 1 aromatic carbocycles. The normalized spacial score (nSPS) is 16.3. The van der Waals surface area contributed by atoms with Gasteiger partial charge < -0.3 is 5.32 Å². The van der Waals surface area contributed by atoms with E-state index in [1.54, 1.807) is 0 Å². The first-order chi connectivity index (χ1) is 8.63. The van der Waals surface area contributed by atoms with Gasteiger partial charge in [0.05, 0.1) is 0 Å². The van der Waals surface area contributed by atoms with Crippen LogP contribution >= 0.6 is 0 Å². The Morgan fingerprint density at radius 3 is 2.89 bits per heavy atom. The Kier molecular flexibility index (Phi) is 4.53. The van der Waals surface area contributed by atoms with E-state index in [1.807, 2.05) is 31.2 Å². The van der Waals surface area contributed by atoms with Crippen LogP contribution in [-0.2, 0) is 21.3 Å². The third-order valence-corrected chi connectivity index (χ3v) is 4.23. The second-order valence-corrected chi connectivity index (χ2v) is 6.42. The van der Waals surface area contributed by atoms with Crippen molar-refractivity contribution in [1.82, 2.24) is 5.32 Å². The fraction of sp³-hybridized carbons (Fsp3) is 0.500. The molecule has 0 aliphatic heterocycles. The predicted octanol–water partition coefficient (Wildman–Crippen LogP) is 1.77. The van der Waals surface area contributed by atoms with Crippen molar-refractivity contribution >= 4 is 16.7 Å². The van der Waals surface area contributed by atoms with Gasteiger partial charge in [-0.1, -0.05) is 29.8 Å². The Bertz CT molecular complexity index is 455. The summed E-state index contributed by atoms with van der Waals surface area (Å²) in [5.74, 6) is 1.14. The summed E-state index contributed by atoms with van der Waals surface area (Å²) in [6, 6.07) is 7.93. The molecule has 1 fully saturated rings. The molecule has 0 aromatic heterocycles. The van der Waals surface area contributed by atoms with E-state index in [1.165, 1.54) is 12.8 Å². The highest BCUT2D eigenvalue weighted by Gasteiger charge is 2.21. The van der Waals surface area contributed by atoms with Crippen LogP contribution in [0.25, 0.3) is 0 Å². The van der Waals surface area contributed by atoms with Crippen molar-refractivity contribution in [1.29, 1.82) is 0 Å². The van der Waals surface area contributed by atoms with E-state index < -0.39 is 10.8 Å². The highest BCUT2D eigenvalue weighted by Crippen LogP contribution is 2.27. The third-order valence-electron chi connectivity index (χ3n) is 2.99. The van der Waals surface area contributed by atoms with E-state index in [9.17, 15) is 9.00 Å². The molecule has 2 rings (SSSR count). The Hall–Kier alpha value is -1.16. The van der Waals surface area contributed by atoms with Crippen molar-refractivity contribution in [2.45, 2.75) is 25.5 Å². The van der Waals surface area contributed by atoms with Gasteiger partial charge in [-0.15, -0.1) is 0 Å². The van der Waals surface area contributed by atoms with Gasteiger partial charge >= 0.3 is 0 Å². The molecule has 1 aromatic rings. The molecule has 0 spiro atoms. The lowest BCUT2D eigenvalue weighted by Gasteiger charge is -2.05. The lowest BCUT2D eigenvalue weighted by Crippen LogP contribution is -2.30. The highest BCUT2D eigenvalue weighted by atomic mass is 32.2. The van der Waals surface area contributed by atoms with Gasteiger partial charge in [-0.2, -0.15) is 0 Å². The van der Waals surface area contributed by atoms with Crippen LogP contribution in [0.5, 0.6) is 0 Å². The standard InChI is InChI=1S/C14H19NO2S/c1-11-3-2-4-13(7-11)9-18(17)10-14(16)15-8-12-5-6-12/h2-4,7,12H,5-6,8-10H2,1H3,(H,15,16)/t18-/m0/s1. The van der Waals surface area contributed by atoms with Gasteiger partial charge in [0.1, 0.15) is 5.75 Å². The molecule has 0 saturated heterocycles. The molecule has 0 unspecified atom stereocenters. The summed E-state index contributed by atoms with van der Waals surface area (Å²) in [6.45, 7) is 2.76. The van der Waals surface area contributed by atoms with Crippen molar-refractivity contribution in [3.8, 4) is 0 Å². The smallest absolute Gasteiger partial charge is 0.232 e. The molecule has 4 heteroatoms. The largest absolute Gasteiger partial charge is 0.355 e. The van der Waals surface area contributed by atoms with Crippen molar-refractivity contribution in [3.05, 3.63) is 35.4 Å². The number of nitrogens with one attached hydrogen (secondary N) is 1. The van der Waals surface area contributed by atoms with E-state index in [0.29, 0.717) is 11.7 Å². The van der Waals surface area contributed by atoms with Crippen molar-refractivity contribution in [2.75, 3.05) is 12.3 Å². The second-order valence-electron chi connectivity index (χ2n) is 4.97. The average Bonchev–Trinajstić information content (AvgIpc) is 3.09. The summed E-state index contributed by atoms with van der Waals surface area (Å²) in [7, 11) is -1.12. The minimum Gasteiger partial charge on any atom is -0.355 e. The number of benzene rings is 1. The van der Waals surface area contributed by atoms with E-state index in [4.69, 9.17) is 0 Å². The van der Waals surface area contributed by atoms with Gasteiger partial charge in [-0.3, -0.25) is 9.00 Å². The zero-order valence-electron chi connectivity index (χ0n) is 10.6. The minimum atomic E-state index is -1.12. The van der Waals surface area contributed by atoms with Gasteiger partial charge in [-0.05, 0) is 31.2 Å². The summed E-state index contributed by atoms with van der Waals surface area (Å²) in [5.41, 5.74) is 2.19. The van der Waals surface area contributed by atoms with Crippen molar-refractivity contribution < 1.29 is 9.00 Å². The quantitative estimate of drug-likeness (QED) is 0.852. The lowest BCUT2D eigenvalue weighted by atomic mass is 10.2. The number of rotatable bonds is 6. The zero-order chi connectivity index (χ0) is 13.0. The summed E-state index contributed by atoms with van der Waals surface area (Å²) >= 11 is 0. The molecule has 3 nitrogen and oxygen atoms in total. The number of carbonyl (C=O) groups is 1. The maximum absolute atomic E-state index is 11.8. The van der Waals surface area contributed by atoms with Crippen LogP contribution in [0.3, 0.4) is 0 Å². The van der Waals surface area contributed by atoms with Gasteiger partial charge in [0.25, 0.3) is 0 Å². The van der Waals surface area contributed by atoms with Crippen molar-refractivity contribution in [2.24, 2.45) is 5.92 Å². The zero-order valence-corrected chi connectivity index (χ0v) is 11.5. The molecular weight excluding hydrogens is 246 g/mol.